The first-order valence-electron chi connectivity index (χ1n) is 6.09. The van der Waals surface area contributed by atoms with Crippen molar-refractivity contribution >= 4 is 16.0 Å². The van der Waals surface area contributed by atoms with Crippen LogP contribution in [0.3, 0.4) is 0 Å². The second-order valence-electron chi connectivity index (χ2n) is 4.45. The Morgan fingerprint density at radius 3 is 2.71 bits per heavy atom. The fraction of sp³-hybridized carbons (Fsp3) is 0.364. The van der Waals surface area contributed by atoms with Gasteiger partial charge in [-0.25, -0.2) is 17.9 Å². The normalized spacial score (nSPS) is 11.7. The van der Waals surface area contributed by atoms with Crippen LogP contribution in [0.2, 0.25) is 0 Å². The summed E-state index contributed by atoms with van der Waals surface area (Å²) in [5, 5.41) is 16.3. The number of rotatable bonds is 6. The lowest BCUT2D eigenvalue weighted by Gasteiger charge is -2.07. The van der Waals surface area contributed by atoms with E-state index in [1.165, 1.54) is 24.7 Å². The van der Waals surface area contributed by atoms with E-state index in [1.54, 1.807) is 6.20 Å². The molecule has 3 N–H and O–H groups in total. The number of carboxylic acid groups (broad SMARTS) is 1. The molecule has 114 valence electrons. The summed E-state index contributed by atoms with van der Waals surface area (Å²) in [4.78, 5) is 13.6. The van der Waals surface area contributed by atoms with Crippen LogP contribution in [0.25, 0.3) is 0 Å². The highest BCUT2D eigenvalue weighted by Gasteiger charge is 2.25. The smallest absolute Gasteiger partial charge is 0.352 e. The summed E-state index contributed by atoms with van der Waals surface area (Å²) in [6.07, 6.45) is 3.11. The Bertz CT molecular complexity index is 748. The first kappa shape index (κ1) is 15.2. The molecule has 0 aliphatic heterocycles. The Balaban J connectivity index is 2.18. The fourth-order valence-electron chi connectivity index (χ4n) is 2.07. The van der Waals surface area contributed by atoms with Crippen molar-refractivity contribution in [3.05, 3.63) is 29.3 Å². The third-order valence-corrected chi connectivity index (χ3v) is 4.69. The Hall–Kier alpha value is -2.20. The van der Waals surface area contributed by atoms with Crippen LogP contribution < -0.4 is 4.72 Å². The Kier molecular flexibility index (Phi) is 4.09. The molecule has 2 rings (SSSR count). The molecule has 0 saturated heterocycles. The second-order valence-corrected chi connectivity index (χ2v) is 6.15. The largest absolute Gasteiger partial charge is 0.477 e. The lowest BCUT2D eigenvalue weighted by atomic mass is 10.2. The SMILES string of the molecule is Cc1[nH]c(C(=O)O)c(C)c1S(=O)(=O)NCCn1ccnn1. The molecule has 2 aromatic heterocycles. The number of nitrogens with zero attached hydrogens (tertiary/aromatic N) is 3. The molecular weight excluding hydrogens is 298 g/mol. The number of carbonyl (C=O) groups is 1. The molecule has 9 nitrogen and oxygen atoms in total. The molecule has 0 aliphatic rings. The maximum Gasteiger partial charge on any atom is 0.352 e. The molecule has 0 aromatic carbocycles. The number of aromatic nitrogens is 4. The highest BCUT2D eigenvalue weighted by atomic mass is 32.2. The van der Waals surface area contributed by atoms with Gasteiger partial charge in [0.05, 0.1) is 12.7 Å². The van der Waals surface area contributed by atoms with E-state index in [4.69, 9.17) is 5.11 Å². The number of aromatic amines is 1. The van der Waals surface area contributed by atoms with E-state index in [2.05, 4.69) is 20.0 Å². The minimum atomic E-state index is -3.79. The Labute approximate surface area is 121 Å². The number of H-pyrrole nitrogens is 1. The molecule has 0 saturated carbocycles. The van der Waals surface area contributed by atoms with Crippen molar-refractivity contribution < 1.29 is 18.3 Å². The number of aryl methyl sites for hydroxylation is 1. The van der Waals surface area contributed by atoms with Crippen molar-refractivity contribution in [2.45, 2.75) is 25.3 Å². The maximum atomic E-state index is 12.3. The van der Waals surface area contributed by atoms with Gasteiger partial charge in [-0.15, -0.1) is 5.10 Å². The van der Waals surface area contributed by atoms with Crippen LogP contribution in [-0.2, 0) is 16.6 Å². The summed E-state index contributed by atoms with van der Waals surface area (Å²) in [5.41, 5.74) is 0.357. The van der Waals surface area contributed by atoms with Crippen molar-refractivity contribution in [1.29, 1.82) is 0 Å². The molecule has 0 spiro atoms. The fourth-order valence-corrected chi connectivity index (χ4v) is 3.53. The number of hydrogen-bond donors (Lipinski definition) is 3. The molecule has 2 aromatic rings. The third kappa shape index (κ3) is 3.11. The van der Waals surface area contributed by atoms with E-state index in [9.17, 15) is 13.2 Å². The lowest BCUT2D eigenvalue weighted by molar-refractivity contribution is 0.0690. The average molecular weight is 313 g/mol. The summed E-state index contributed by atoms with van der Waals surface area (Å²) in [6, 6.07) is 0. The van der Waals surface area contributed by atoms with E-state index in [1.807, 2.05) is 0 Å². The van der Waals surface area contributed by atoms with E-state index >= 15 is 0 Å². The zero-order valence-corrected chi connectivity index (χ0v) is 12.3. The van der Waals surface area contributed by atoms with Gasteiger partial charge in [-0.05, 0) is 13.8 Å². The van der Waals surface area contributed by atoms with Gasteiger partial charge in [0.2, 0.25) is 10.0 Å². The van der Waals surface area contributed by atoms with Crippen LogP contribution in [0, 0.1) is 13.8 Å². The summed E-state index contributed by atoms with van der Waals surface area (Å²) < 4.78 is 28.4. The van der Waals surface area contributed by atoms with Crippen LogP contribution in [0.1, 0.15) is 21.7 Å². The molecular formula is C11H15N5O4S. The second kappa shape index (κ2) is 5.66. The zero-order valence-electron chi connectivity index (χ0n) is 11.5. The third-order valence-electron chi connectivity index (χ3n) is 2.96. The van der Waals surface area contributed by atoms with Crippen LogP contribution in [0.4, 0.5) is 0 Å². The highest BCUT2D eigenvalue weighted by Crippen LogP contribution is 2.22. The number of nitrogens with one attached hydrogen (secondary N) is 2. The summed E-state index contributed by atoms with van der Waals surface area (Å²) >= 11 is 0. The number of carboxylic acids is 1. The topological polar surface area (TPSA) is 130 Å². The highest BCUT2D eigenvalue weighted by molar-refractivity contribution is 7.89. The molecule has 0 bridgehead atoms. The minimum Gasteiger partial charge on any atom is -0.477 e. The molecule has 10 heteroatoms. The van der Waals surface area contributed by atoms with Gasteiger partial charge in [-0.2, -0.15) is 0 Å². The van der Waals surface area contributed by atoms with Crippen LogP contribution in [0.5, 0.6) is 0 Å². The van der Waals surface area contributed by atoms with Gasteiger partial charge in [-0.1, -0.05) is 5.21 Å². The first-order chi connectivity index (χ1) is 9.83. The molecule has 0 atom stereocenters. The van der Waals surface area contributed by atoms with Crippen molar-refractivity contribution in [2.75, 3.05) is 6.54 Å². The molecule has 0 aliphatic carbocycles. The van der Waals surface area contributed by atoms with Gasteiger partial charge in [0.1, 0.15) is 10.6 Å². The standard InChI is InChI=1S/C11H15N5O4S/c1-7-9(11(17)18)14-8(2)10(7)21(19,20)13-4-6-16-5-3-12-15-16/h3,5,13-14H,4,6H2,1-2H3,(H,17,18). The lowest BCUT2D eigenvalue weighted by Crippen LogP contribution is -2.28. The number of sulfonamides is 1. The first-order valence-corrected chi connectivity index (χ1v) is 7.57. The molecule has 0 unspecified atom stereocenters. The van der Waals surface area contributed by atoms with Gasteiger partial charge >= 0.3 is 5.97 Å². The van der Waals surface area contributed by atoms with Crippen LogP contribution in [-0.4, -0.2) is 46.0 Å². The minimum absolute atomic E-state index is 0.0292. The van der Waals surface area contributed by atoms with Gasteiger partial charge in [0.25, 0.3) is 0 Å². The predicted octanol–water partition coefficient (Wildman–Crippen LogP) is -0.100. The zero-order chi connectivity index (χ0) is 15.6. The quantitative estimate of drug-likeness (QED) is 0.682. The molecule has 0 amide bonds. The van der Waals surface area contributed by atoms with E-state index < -0.39 is 16.0 Å². The van der Waals surface area contributed by atoms with Crippen LogP contribution >= 0.6 is 0 Å². The van der Waals surface area contributed by atoms with Gasteiger partial charge in [0, 0.05) is 24.0 Å². The van der Waals surface area contributed by atoms with Crippen molar-refractivity contribution in [2.24, 2.45) is 0 Å². The summed E-state index contributed by atoms with van der Waals surface area (Å²) in [6.45, 7) is 3.43. The van der Waals surface area contributed by atoms with Gasteiger partial charge < -0.3 is 10.1 Å². The van der Waals surface area contributed by atoms with Gasteiger partial charge in [0.15, 0.2) is 0 Å². The molecule has 0 fully saturated rings. The van der Waals surface area contributed by atoms with Crippen molar-refractivity contribution in [1.82, 2.24) is 24.7 Å². The monoisotopic (exact) mass is 313 g/mol. The summed E-state index contributed by atoms with van der Waals surface area (Å²) in [5.74, 6) is -1.19. The maximum absolute atomic E-state index is 12.3. The number of hydrogen-bond acceptors (Lipinski definition) is 5. The molecule has 2 heterocycles. The van der Waals surface area contributed by atoms with Crippen LogP contribution in [0.15, 0.2) is 17.3 Å². The van der Waals surface area contributed by atoms with Crippen molar-refractivity contribution in [3.8, 4) is 0 Å². The predicted molar refractivity (Wildman–Crippen MR) is 72.4 cm³/mol. The molecule has 0 radical (unpaired) electrons. The Morgan fingerprint density at radius 1 is 1.48 bits per heavy atom. The summed E-state index contributed by atoms with van der Waals surface area (Å²) in [7, 11) is -3.79. The van der Waals surface area contributed by atoms with Gasteiger partial charge in [-0.3, -0.25) is 4.68 Å². The van der Waals surface area contributed by atoms with E-state index in [0.717, 1.165) is 0 Å². The van der Waals surface area contributed by atoms with Crippen molar-refractivity contribution in [3.63, 3.8) is 0 Å². The van der Waals surface area contributed by atoms with E-state index in [-0.39, 0.29) is 28.4 Å². The average Bonchev–Trinajstić information content (AvgIpc) is 2.97. The Morgan fingerprint density at radius 2 is 2.19 bits per heavy atom. The molecule has 21 heavy (non-hydrogen) atoms. The number of aromatic carboxylic acids is 1. The van der Waals surface area contributed by atoms with E-state index in [0.29, 0.717) is 6.54 Å².